The summed E-state index contributed by atoms with van der Waals surface area (Å²) in [6.07, 6.45) is 30.3. The average Bonchev–Trinajstić information content (AvgIpc) is 2.96. The van der Waals surface area contributed by atoms with Crippen LogP contribution in [0, 0.1) is 0 Å². The van der Waals surface area contributed by atoms with Crippen LogP contribution in [0.2, 0.25) is 0 Å². The number of quaternary nitrogens is 2. The van der Waals surface area contributed by atoms with Crippen LogP contribution in [-0.4, -0.2) is 88.5 Å². The molecule has 0 aromatic heterocycles. The quantitative estimate of drug-likeness (QED) is 0.0413. The Kier molecular flexibility index (Phi) is 28.5. The molecule has 0 atom stereocenters. The molecule has 0 amide bonds. The summed E-state index contributed by atoms with van der Waals surface area (Å²) >= 11 is 0. The number of hydrogen-bond acceptors (Lipinski definition) is 4. The molecular weight excluding hydrogens is 548 g/mol. The summed E-state index contributed by atoms with van der Waals surface area (Å²) in [7, 11) is 8.51. The molecule has 0 saturated carbocycles. The number of carbonyl (C=O) groups excluding carboxylic acids is 2. The van der Waals surface area contributed by atoms with Gasteiger partial charge in [0.05, 0.1) is 54.5 Å². The Balaban J connectivity index is 3.72. The fraction of sp³-hybridized carbons (Fsp3) is 0.947. The number of ether oxygens (including phenoxy) is 2. The van der Waals surface area contributed by atoms with Gasteiger partial charge in [-0.2, -0.15) is 0 Å². The molecule has 0 unspecified atom stereocenters. The standard InChI is InChI=1S/C38H78N2O4/c1-7-9-11-13-15-17-19-21-25-29-33-43-37(41)35-39(3,4)31-27-23-24-28-32-40(5,6)36-38(42)44-34-30-26-22-20-18-16-14-12-10-8-2/h7-36H2,1-6H3/q+2. The minimum absolute atomic E-state index is 0.0648. The van der Waals surface area contributed by atoms with E-state index in [0.717, 1.165) is 64.5 Å². The average molecular weight is 627 g/mol. The van der Waals surface area contributed by atoms with Crippen molar-refractivity contribution in [3.05, 3.63) is 0 Å². The summed E-state index contributed by atoms with van der Waals surface area (Å²) in [4.78, 5) is 24.7. The van der Waals surface area contributed by atoms with Gasteiger partial charge >= 0.3 is 11.9 Å². The van der Waals surface area contributed by atoms with Gasteiger partial charge in [-0.3, -0.25) is 0 Å². The van der Waals surface area contributed by atoms with E-state index < -0.39 is 0 Å². The van der Waals surface area contributed by atoms with Crippen molar-refractivity contribution in [2.75, 3.05) is 67.6 Å². The molecule has 0 bridgehead atoms. The van der Waals surface area contributed by atoms with Crippen molar-refractivity contribution >= 4 is 11.9 Å². The van der Waals surface area contributed by atoms with Crippen molar-refractivity contribution in [1.82, 2.24) is 0 Å². The Hall–Kier alpha value is -1.14. The predicted molar refractivity (Wildman–Crippen MR) is 188 cm³/mol. The molecule has 6 heteroatoms. The van der Waals surface area contributed by atoms with Crippen molar-refractivity contribution in [3.8, 4) is 0 Å². The van der Waals surface area contributed by atoms with Gasteiger partial charge in [-0.15, -0.1) is 0 Å². The number of nitrogens with zero attached hydrogens (tertiary/aromatic N) is 2. The number of rotatable bonds is 33. The minimum Gasteiger partial charge on any atom is -0.462 e. The maximum atomic E-state index is 12.3. The van der Waals surface area contributed by atoms with Crippen molar-refractivity contribution in [2.45, 2.75) is 168 Å². The van der Waals surface area contributed by atoms with E-state index in [-0.39, 0.29) is 11.9 Å². The second-order valence-corrected chi connectivity index (χ2v) is 14.9. The normalized spacial score (nSPS) is 12.0. The molecule has 0 fully saturated rings. The Morgan fingerprint density at radius 3 is 0.932 bits per heavy atom. The Labute approximate surface area is 275 Å². The van der Waals surface area contributed by atoms with Crippen LogP contribution < -0.4 is 0 Å². The number of esters is 2. The van der Waals surface area contributed by atoms with Gasteiger partial charge in [0.25, 0.3) is 0 Å². The third kappa shape index (κ3) is 30.9. The summed E-state index contributed by atoms with van der Waals surface area (Å²) in [6.45, 7) is 8.52. The Morgan fingerprint density at radius 1 is 0.386 bits per heavy atom. The predicted octanol–water partition coefficient (Wildman–Crippen LogP) is 9.63. The van der Waals surface area contributed by atoms with Crippen molar-refractivity contribution in [2.24, 2.45) is 0 Å². The third-order valence-electron chi connectivity index (χ3n) is 8.91. The lowest BCUT2D eigenvalue weighted by Gasteiger charge is -2.29. The molecule has 0 rings (SSSR count). The second-order valence-electron chi connectivity index (χ2n) is 14.9. The maximum absolute atomic E-state index is 12.3. The number of unbranched alkanes of at least 4 members (excludes halogenated alkanes) is 21. The lowest BCUT2D eigenvalue weighted by atomic mass is 10.1. The Morgan fingerprint density at radius 2 is 0.636 bits per heavy atom. The number of carbonyl (C=O) groups is 2. The van der Waals surface area contributed by atoms with Crippen LogP contribution in [0.25, 0.3) is 0 Å². The van der Waals surface area contributed by atoms with Crippen LogP contribution in [0.15, 0.2) is 0 Å². The molecule has 0 aliphatic heterocycles. The van der Waals surface area contributed by atoms with Crippen molar-refractivity contribution in [1.29, 1.82) is 0 Å². The molecule has 44 heavy (non-hydrogen) atoms. The topological polar surface area (TPSA) is 52.6 Å². The van der Waals surface area contributed by atoms with Crippen molar-refractivity contribution < 1.29 is 28.0 Å². The summed E-state index contributed by atoms with van der Waals surface area (Å²) in [5.41, 5.74) is 0. The van der Waals surface area contributed by atoms with E-state index >= 15 is 0 Å². The molecule has 0 radical (unpaired) electrons. The van der Waals surface area contributed by atoms with Gasteiger partial charge in [-0.25, -0.2) is 9.59 Å². The van der Waals surface area contributed by atoms with Crippen LogP contribution in [-0.2, 0) is 19.1 Å². The summed E-state index contributed by atoms with van der Waals surface area (Å²) in [5.74, 6) is -0.130. The molecule has 0 aromatic rings. The first kappa shape index (κ1) is 42.9. The van der Waals surface area contributed by atoms with Gasteiger partial charge in [0.2, 0.25) is 0 Å². The van der Waals surface area contributed by atoms with Crippen LogP contribution in [0.5, 0.6) is 0 Å². The highest BCUT2D eigenvalue weighted by Gasteiger charge is 2.22. The fourth-order valence-electron chi connectivity index (χ4n) is 5.93. The lowest BCUT2D eigenvalue weighted by Crippen LogP contribution is -2.45. The summed E-state index contributed by atoms with van der Waals surface area (Å²) in [6, 6.07) is 0. The molecule has 262 valence electrons. The van der Waals surface area contributed by atoms with Gasteiger partial charge in [0.1, 0.15) is 0 Å². The number of likely N-dealkylation sites (N-methyl/N-ethyl adjacent to an activating group) is 2. The van der Waals surface area contributed by atoms with E-state index in [1.54, 1.807) is 0 Å². The smallest absolute Gasteiger partial charge is 0.361 e. The summed E-state index contributed by atoms with van der Waals surface area (Å²) < 4.78 is 12.4. The Bertz CT molecular complexity index is 609. The van der Waals surface area contributed by atoms with Gasteiger partial charge in [0, 0.05) is 0 Å². The minimum atomic E-state index is -0.0648. The van der Waals surface area contributed by atoms with Crippen LogP contribution >= 0.6 is 0 Å². The number of hydrogen-bond donors (Lipinski definition) is 0. The van der Waals surface area contributed by atoms with Crippen molar-refractivity contribution in [3.63, 3.8) is 0 Å². The molecule has 0 saturated heterocycles. The molecule has 0 heterocycles. The van der Waals surface area contributed by atoms with E-state index in [0.29, 0.717) is 35.3 Å². The second kappa shape index (κ2) is 29.3. The first-order valence-electron chi connectivity index (χ1n) is 19.1. The molecule has 0 aliphatic rings. The molecule has 6 nitrogen and oxygen atoms in total. The molecule has 0 spiro atoms. The van der Waals surface area contributed by atoms with Crippen LogP contribution in [0.3, 0.4) is 0 Å². The highest BCUT2D eigenvalue weighted by molar-refractivity contribution is 5.70. The van der Waals surface area contributed by atoms with E-state index in [4.69, 9.17) is 9.47 Å². The first-order valence-corrected chi connectivity index (χ1v) is 19.1. The van der Waals surface area contributed by atoms with Gasteiger partial charge in [-0.05, 0) is 38.5 Å². The van der Waals surface area contributed by atoms with E-state index in [1.807, 2.05) is 0 Å². The first-order chi connectivity index (χ1) is 21.1. The highest BCUT2D eigenvalue weighted by Crippen LogP contribution is 2.13. The van der Waals surface area contributed by atoms with E-state index in [9.17, 15) is 9.59 Å². The largest absolute Gasteiger partial charge is 0.462 e. The fourth-order valence-corrected chi connectivity index (χ4v) is 5.93. The van der Waals surface area contributed by atoms with Crippen LogP contribution in [0.4, 0.5) is 0 Å². The maximum Gasteiger partial charge on any atom is 0.361 e. The monoisotopic (exact) mass is 627 g/mol. The molecular formula is C38H78N2O4+2. The van der Waals surface area contributed by atoms with Crippen LogP contribution in [0.1, 0.15) is 168 Å². The zero-order chi connectivity index (χ0) is 32.8. The SMILES string of the molecule is CCCCCCCCCCCCOC(=O)C[N+](C)(C)CCCCCC[N+](C)(C)CC(=O)OCCCCCCCCCCCC. The van der Waals surface area contributed by atoms with E-state index in [2.05, 4.69) is 42.0 Å². The van der Waals surface area contributed by atoms with E-state index in [1.165, 1.54) is 103 Å². The van der Waals surface area contributed by atoms with Gasteiger partial charge < -0.3 is 18.4 Å². The van der Waals surface area contributed by atoms with Gasteiger partial charge in [-0.1, -0.05) is 129 Å². The molecule has 0 aliphatic carbocycles. The lowest BCUT2D eigenvalue weighted by molar-refractivity contribution is -0.884. The third-order valence-corrected chi connectivity index (χ3v) is 8.91. The highest BCUT2D eigenvalue weighted by atomic mass is 16.5. The molecule has 0 aromatic carbocycles. The zero-order valence-corrected chi connectivity index (χ0v) is 30.7. The molecule has 0 N–H and O–H groups in total. The van der Waals surface area contributed by atoms with Gasteiger partial charge in [0.15, 0.2) is 13.1 Å². The summed E-state index contributed by atoms with van der Waals surface area (Å²) in [5, 5.41) is 0. The zero-order valence-electron chi connectivity index (χ0n) is 30.7.